The van der Waals surface area contributed by atoms with Crippen molar-refractivity contribution < 1.29 is 9.31 Å². The van der Waals surface area contributed by atoms with Crippen LogP contribution in [-0.4, -0.2) is 23.3 Å². The third-order valence-corrected chi connectivity index (χ3v) is 3.80. The summed E-state index contributed by atoms with van der Waals surface area (Å²) in [7, 11) is -0.549. The van der Waals surface area contributed by atoms with Gasteiger partial charge in [0.05, 0.1) is 29.4 Å². The highest BCUT2D eigenvalue weighted by Crippen LogP contribution is 2.36. The molecule has 1 fully saturated rings. The van der Waals surface area contributed by atoms with E-state index < -0.39 is 18.3 Å². The van der Waals surface area contributed by atoms with Gasteiger partial charge in [-0.05, 0) is 45.3 Å². The van der Waals surface area contributed by atoms with Crippen LogP contribution in [0.1, 0.15) is 39.1 Å². The summed E-state index contributed by atoms with van der Waals surface area (Å²) in [6.07, 6.45) is 0.155. The maximum Gasteiger partial charge on any atom is 0.495 e. The summed E-state index contributed by atoms with van der Waals surface area (Å²) >= 11 is 0. The van der Waals surface area contributed by atoms with E-state index in [1.54, 1.807) is 12.1 Å². The Bertz CT molecular complexity index is 598. The van der Waals surface area contributed by atoms with Gasteiger partial charge < -0.3 is 9.31 Å². The average Bonchev–Trinajstić information content (AvgIpc) is 2.58. The molecule has 2 rings (SSSR count). The lowest BCUT2D eigenvalue weighted by molar-refractivity contribution is 0.00578. The molecular formula is C14H16BN3O2. The van der Waals surface area contributed by atoms with E-state index in [1.165, 1.54) is 0 Å². The lowest BCUT2D eigenvalue weighted by atomic mass is 9.78. The summed E-state index contributed by atoms with van der Waals surface area (Å²) in [5, 5.41) is 17.8. The monoisotopic (exact) mass is 269 g/mol. The van der Waals surface area contributed by atoms with Crippen LogP contribution in [0.3, 0.4) is 0 Å². The summed E-state index contributed by atoms with van der Waals surface area (Å²) in [5.74, 6) is 0. The molecule has 0 aliphatic carbocycles. The van der Waals surface area contributed by atoms with Gasteiger partial charge in [-0.2, -0.15) is 10.5 Å². The topological polar surface area (TPSA) is 78.9 Å². The van der Waals surface area contributed by atoms with Crippen LogP contribution in [0.4, 0.5) is 0 Å². The van der Waals surface area contributed by atoms with Crippen molar-refractivity contribution in [1.82, 2.24) is 4.98 Å². The second-order valence-corrected chi connectivity index (χ2v) is 5.81. The average molecular weight is 269 g/mol. The van der Waals surface area contributed by atoms with Crippen molar-refractivity contribution in [1.29, 1.82) is 10.5 Å². The first-order chi connectivity index (χ1) is 9.29. The van der Waals surface area contributed by atoms with Crippen LogP contribution in [0.2, 0.25) is 0 Å². The predicted octanol–water partition coefficient (Wildman–Crippen LogP) is 1.32. The molecule has 102 valence electrons. The molecule has 0 N–H and O–H groups in total. The lowest BCUT2D eigenvalue weighted by Gasteiger charge is -2.32. The maximum absolute atomic E-state index is 9.03. The van der Waals surface area contributed by atoms with E-state index >= 15 is 0 Å². The predicted molar refractivity (Wildman–Crippen MR) is 74.0 cm³/mol. The summed E-state index contributed by atoms with van der Waals surface area (Å²) in [5.41, 5.74) is 0.658. The zero-order valence-electron chi connectivity index (χ0n) is 12.1. The molecule has 1 aromatic heterocycles. The second-order valence-electron chi connectivity index (χ2n) is 5.81. The summed E-state index contributed by atoms with van der Waals surface area (Å²) in [6.45, 7) is 7.87. The van der Waals surface area contributed by atoms with Crippen LogP contribution in [0.25, 0.3) is 0 Å². The fraction of sp³-hybridized carbons (Fsp3) is 0.500. The molecule has 1 saturated heterocycles. The van der Waals surface area contributed by atoms with Gasteiger partial charge in [0.15, 0.2) is 0 Å². The zero-order valence-corrected chi connectivity index (χ0v) is 12.1. The molecule has 5 nitrogen and oxygen atoms in total. The van der Waals surface area contributed by atoms with E-state index in [0.29, 0.717) is 5.69 Å². The minimum absolute atomic E-state index is 0.155. The molecule has 0 aromatic carbocycles. The SMILES string of the molecule is CC1(C)OB(c2cc(C#N)nc(CC#N)c2)OC1(C)C. The van der Waals surface area contributed by atoms with Crippen molar-refractivity contribution in [2.45, 2.75) is 45.3 Å². The van der Waals surface area contributed by atoms with Crippen LogP contribution in [0.15, 0.2) is 12.1 Å². The smallest absolute Gasteiger partial charge is 0.399 e. The minimum Gasteiger partial charge on any atom is -0.399 e. The maximum atomic E-state index is 9.03. The Morgan fingerprint density at radius 3 is 2.25 bits per heavy atom. The van der Waals surface area contributed by atoms with Crippen LogP contribution in [0.5, 0.6) is 0 Å². The lowest BCUT2D eigenvalue weighted by Crippen LogP contribution is -2.41. The van der Waals surface area contributed by atoms with Crippen LogP contribution < -0.4 is 5.46 Å². The summed E-state index contributed by atoms with van der Waals surface area (Å²) < 4.78 is 11.9. The Labute approximate surface area is 119 Å². The highest BCUT2D eigenvalue weighted by Gasteiger charge is 2.51. The molecule has 0 bridgehead atoms. The molecule has 1 aliphatic rings. The van der Waals surface area contributed by atoms with Gasteiger partial charge in [0.1, 0.15) is 11.8 Å². The van der Waals surface area contributed by atoms with Crippen molar-refractivity contribution in [3.05, 3.63) is 23.5 Å². The van der Waals surface area contributed by atoms with Crippen LogP contribution in [-0.2, 0) is 15.7 Å². The third-order valence-electron chi connectivity index (χ3n) is 3.80. The van der Waals surface area contributed by atoms with Gasteiger partial charge in [-0.15, -0.1) is 0 Å². The number of rotatable bonds is 2. The van der Waals surface area contributed by atoms with Gasteiger partial charge >= 0.3 is 7.12 Å². The minimum atomic E-state index is -0.549. The number of aromatic nitrogens is 1. The van der Waals surface area contributed by atoms with Crippen molar-refractivity contribution in [2.24, 2.45) is 0 Å². The first-order valence-electron chi connectivity index (χ1n) is 6.42. The fourth-order valence-corrected chi connectivity index (χ4v) is 1.96. The van der Waals surface area contributed by atoms with Gasteiger partial charge in [-0.25, -0.2) is 4.98 Å². The molecule has 0 unspecified atom stereocenters. The summed E-state index contributed by atoms with van der Waals surface area (Å²) in [6, 6.07) is 7.43. The zero-order chi connectivity index (χ0) is 15.0. The van der Waals surface area contributed by atoms with E-state index in [-0.39, 0.29) is 12.1 Å². The molecule has 1 aromatic rings. The molecule has 6 heteroatoms. The number of nitrogens with zero attached hydrogens (tertiary/aromatic N) is 3. The number of hydrogen-bond donors (Lipinski definition) is 0. The molecule has 0 saturated carbocycles. The van der Waals surface area contributed by atoms with Gasteiger partial charge in [0.25, 0.3) is 0 Å². The quantitative estimate of drug-likeness (QED) is 0.756. The van der Waals surface area contributed by atoms with Crippen molar-refractivity contribution in [3.63, 3.8) is 0 Å². The summed E-state index contributed by atoms with van der Waals surface area (Å²) in [4.78, 5) is 4.09. The van der Waals surface area contributed by atoms with E-state index in [4.69, 9.17) is 19.8 Å². The molecule has 20 heavy (non-hydrogen) atoms. The van der Waals surface area contributed by atoms with Crippen LogP contribution in [0, 0.1) is 22.7 Å². The standard InChI is InChI=1S/C14H16BN3O2/c1-13(2)14(3,4)20-15(19-13)10-7-11(5-6-16)18-12(8-10)9-17/h7-8H,5H2,1-4H3. The molecular weight excluding hydrogens is 253 g/mol. The Hall–Kier alpha value is -1.89. The van der Waals surface area contributed by atoms with Crippen molar-refractivity contribution in [3.8, 4) is 12.1 Å². The Morgan fingerprint density at radius 1 is 1.15 bits per heavy atom. The molecule has 0 atom stereocenters. The number of pyridine rings is 1. The van der Waals surface area contributed by atoms with E-state index in [1.807, 2.05) is 39.8 Å². The molecule has 0 amide bonds. The van der Waals surface area contributed by atoms with Gasteiger partial charge in [0.2, 0.25) is 0 Å². The van der Waals surface area contributed by atoms with E-state index in [9.17, 15) is 0 Å². The van der Waals surface area contributed by atoms with Crippen molar-refractivity contribution >= 4 is 12.6 Å². The molecule has 0 radical (unpaired) electrons. The first-order valence-corrected chi connectivity index (χ1v) is 6.42. The first kappa shape index (κ1) is 14.5. The number of hydrogen-bond acceptors (Lipinski definition) is 5. The van der Waals surface area contributed by atoms with E-state index in [2.05, 4.69) is 4.98 Å². The highest BCUT2D eigenvalue weighted by atomic mass is 16.7. The van der Waals surface area contributed by atoms with Crippen LogP contribution >= 0.6 is 0 Å². The normalized spacial score (nSPS) is 19.4. The third kappa shape index (κ3) is 2.53. The molecule has 0 spiro atoms. The Kier molecular flexibility index (Phi) is 3.56. The molecule has 1 aliphatic heterocycles. The second kappa shape index (κ2) is 4.90. The fourth-order valence-electron chi connectivity index (χ4n) is 1.96. The van der Waals surface area contributed by atoms with Gasteiger partial charge in [-0.3, -0.25) is 0 Å². The van der Waals surface area contributed by atoms with Crippen molar-refractivity contribution in [2.75, 3.05) is 0 Å². The van der Waals surface area contributed by atoms with Gasteiger partial charge in [0, 0.05) is 0 Å². The van der Waals surface area contributed by atoms with E-state index in [0.717, 1.165) is 5.46 Å². The largest absolute Gasteiger partial charge is 0.495 e. The molecule has 2 heterocycles. The Balaban J connectivity index is 2.38. The Morgan fingerprint density at radius 2 is 1.75 bits per heavy atom. The number of nitriles is 2. The highest BCUT2D eigenvalue weighted by molar-refractivity contribution is 6.62. The van der Waals surface area contributed by atoms with Gasteiger partial charge in [-0.1, -0.05) is 0 Å².